The summed E-state index contributed by atoms with van der Waals surface area (Å²) in [4.78, 5) is 11.7. The summed E-state index contributed by atoms with van der Waals surface area (Å²) >= 11 is 0. The Kier molecular flexibility index (Phi) is 7.62. The SMILES string of the molecule is Cc1ccc(-c2cc(C(=NO)c3ccc4c(C(=O)O)cccc4c3)cc(C(C)(C)C)c2OCc2ccccc2)cc1. The molecule has 0 atom stereocenters. The van der Waals surface area contributed by atoms with Gasteiger partial charge in [0.05, 0.1) is 5.56 Å². The molecule has 206 valence electrons. The Balaban J connectivity index is 1.69. The fourth-order valence-corrected chi connectivity index (χ4v) is 5.06. The number of aryl methyl sites for hydroxylation is 1. The van der Waals surface area contributed by atoms with Crippen LogP contribution in [0, 0.1) is 6.92 Å². The topological polar surface area (TPSA) is 79.1 Å². The molecule has 0 aliphatic carbocycles. The highest BCUT2D eigenvalue weighted by Gasteiger charge is 2.26. The van der Waals surface area contributed by atoms with Crippen LogP contribution in [0.25, 0.3) is 21.9 Å². The number of carboxylic acids is 1. The Bertz CT molecular complexity index is 1750. The zero-order valence-electron chi connectivity index (χ0n) is 23.7. The van der Waals surface area contributed by atoms with Crippen molar-refractivity contribution in [2.45, 2.75) is 39.7 Å². The molecule has 0 saturated carbocycles. The monoisotopic (exact) mass is 543 g/mol. The number of oxime groups is 1. The van der Waals surface area contributed by atoms with Crippen molar-refractivity contribution in [1.29, 1.82) is 0 Å². The summed E-state index contributed by atoms with van der Waals surface area (Å²) in [5, 5.41) is 25.1. The lowest BCUT2D eigenvalue weighted by molar-refractivity contribution is 0.0699. The van der Waals surface area contributed by atoms with Gasteiger partial charge in [-0.2, -0.15) is 0 Å². The lowest BCUT2D eigenvalue weighted by Crippen LogP contribution is -2.16. The van der Waals surface area contributed by atoms with Gasteiger partial charge in [-0.25, -0.2) is 4.79 Å². The van der Waals surface area contributed by atoms with Gasteiger partial charge in [-0.15, -0.1) is 0 Å². The number of carboxylic acid groups (broad SMARTS) is 1. The largest absolute Gasteiger partial charge is 0.488 e. The molecule has 0 radical (unpaired) electrons. The van der Waals surface area contributed by atoms with Crippen molar-refractivity contribution in [3.8, 4) is 16.9 Å². The molecule has 0 aliphatic heterocycles. The lowest BCUT2D eigenvalue weighted by Gasteiger charge is -2.27. The molecule has 0 unspecified atom stereocenters. The Morgan fingerprint density at radius 2 is 1.56 bits per heavy atom. The van der Waals surface area contributed by atoms with E-state index >= 15 is 0 Å². The number of hydrogen-bond acceptors (Lipinski definition) is 4. The molecule has 0 spiro atoms. The van der Waals surface area contributed by atoms with Gasteiger partial charge in [0.15, 0.2) is 0 Å². The van der Waals surface area contributed by atoms with Crippen molar-refractivity contribution in [3.05, 3.63) is 137 Å². The maximum Gasteiger partial charge on any atom is 0.336 e. The maximum atomic E-state index is 11.7. The van der Waals surface area contributed by atoms with Crippen molar-refractivity contribution in [2.24, 2.45) is 5.16 Å². The van der Waals surface area contributed by atoms with Crippen LogP contribution >= 0.6 is 0 Å². The summed E-state index contributed by atoms with van der Waals surface area (Å²) in [7, 11) is 0. The average Bonchev–Trinajstić information content (AvgIpc) is 2.96. The molecule has 41 heavy (non-hydrogen) atoms. The Morgan fingerprint density at radius 1 is 0.829 bits per heavy atom. The Hall–Kier alpha value is -4.90. The van der Waals surface area contributed by atoms with E-state index in [0.29, 0.717) is 23.3 Å². The highest BCUT2D eigenvalue weighted by molar-refractivity contribution is 6.15. The first-order valence-electron chi connectivity index (χ1n) is 13.6. The predicted octanol–water partition coefficient (Wildman–Crippen LogP) is 8.62. The van der Waals surface area contributed by atoms with E-state index in [1.807, 2.05) is 54.6 Å². The second-order valence-electron chi connectivity index (χ2n) is 11.3. The van der Waals surface area contributed by atoms with Gasteiger partial charge in [-0.05, 0) is 58.5 Å². The molecule has 5 heteroatoms. The van der Waals surface area contributed by atoms with E-state index in [4.69, 9.17) is 4.74 Å². The molecule has 2 N–H and O–H groups in total. The van der Waals surface area contributed by atoms with E-state index in [1.54, 1.807) is 24.3 Å². The number of nitrogens with zero attached hydrogens (tertiary/aromatic N) is 1. The van der Waals surface area contributed by atoms with Crippen molar-refractivity contribution in [3.63, 3.8) is 0 Å². The van der Waals surface area contributed by atoms with Crippen LogP contribution < -0.4 is 4.74 Å². The van der Waals surface area contributed by atoms with Crippen molar-refractivity contribution in [2.75, 3.05) is 0 Å². The summed E-state index contributed by atoms with van der Waals surface area (Å²) in [5.74, 6) is -0.195. The minimum Gasteiger partial charge on any atom is -0.488 e. The van der Waals surface area contributed by atoms with Gasteiger partial charge in [-0.3, -0.25) is 0 Å². The van der Waals surface area contributed by atoms with Gasteiger partial charge < -0.3 is 15.1 Å². The fraction of sp³-hybridized carbons (Fsp3) is 0.167. The lowest BCUT2D eigenvalue weighted by atomic mass is 9.81. The molecule has 0 saturated heterocycles. The minimum absolute atomic E-state index is 0.230. The fourth-order valence-electron chi connectivity index (χ4n) is 5.06. The molecule has 5 nitrogen and oxygen atoms in total. The summed E-state index contributed by atoms with van der Waals surface area (Å²) in [6.45, 7) is 8.89. The maximum absolute atomic E-state index is 11.7. The van der Waals surface area contributed by atoms with Crippen LogP contribution in [0.4, 0.5) is 0 Å². The van der Waals surface area contributed by atoms with Gasteiger partial charge in [0.1, 0.15) is 18.1 Å². The summed E-state index contributed by atoms with van der Waals surface area (Å²) in [5.41, 5.74) is 6.84. The normalized spacial score (nSPS) is 12.0. The molecule has 5 aromatic carbocycles. The van der Waals surface area contributed by atoms with Gasteiger partial charge in [0.25, 0.3) is 0 Å². The molecule has 0 aliphatic rings. The number of carbonyl (C=O) groups is 1. The van der Waals surface area contributed by atoms with E-state index in [1.165, 1.54) is 0 Å². The molecule has 0 aromatic heterocycles. The number of ether oxygens (including phenoxy) is 1. The second kappa shape index (κ2) is 11.3. The Morgan fingerprint density at radius 3 is 2.22 bits per heavy atom. The number of hydrogen-bond donors (Lipinski definition) is 2. The van der Waals surface area contributed by atoms with Crippen molar-refractivity contribution >= 4 is 22.5 Å². The standard InChI is InChI=1S/C36H33NO4/c1-23-13-15-25(16-14-23)31-20-28(21-32(36(2,3)4)34(31)41-22-24-9-6-5-7-10-24)33(37-40)27-17-18-29-26(19-27)11-8-12-30(29)35(38)39/h5-21,40H,22H2,1-4H3,(H,38,39). The summed E-state index contributed by atoms with van der Waals surface area (Å²) < 4.78 is 6.57. The highest BCUT2D eigenvalue weighted by atomic mass is 16.5. The van der Waals surface area contributed by atoms with Gasteiger partial charge in [0.2, 0.25) is 0 Å². The number of aromatic carboxylic acids is 1. The molecule has 5 rings (SSSR count). The van der Waals surface area contributed by atoms with Crippen molar-refractivity contribution < 1.29 is 19.8 Å². The third-order valence-electron chi connectivity index (χ3n) is 7.24. The zero-order chi connectivity index (χ0) is 29.1. The van der Waals surface area contributed by atoms with Gasteiger partial charge in [-0.1, -0.05) is 110 Å². The molecule has 5 aromatic rings. The first kappa shape index (κ1) is 27.7. The molecular weight excluding hydrogens is 510 g/mol. The van der Waals surface area contributed by atoms with E-state index in [-0.39, 0.29) is 11.0 Å². The smallest absolute Gasteiger partial charge is 0.336 e. The van der Waals surface area contributed by atoms with E-state index in [2.05, 4.69) is 57.1 Å². The first-order valence-corrected chi connectivity index (χ1v) is 13.6. The highest BCUT2D eigenvalue weighted by Crippen LogP contribution is 2.42. The summed E-state index contributed by atoms with van der Waals surface area (Å²) in [6, 6.07) is 33.0. The van der Waals surface area contributed by atoms with Crippen LogP contribution in [-0.2, 0) is 12.0 Å². The molecule has 0 heterocycles. The predicted molar refractivity (Wildman–Crippen MR) is 164 cm³/mol. The van der Waals surface area contributed by atoms with Crippen LogP contribution in [0.15, 0.2) is 108 Å². The molecule has 0 amide bonds. The Labute approximate surface area is 240 Å². The van der Waals surface area contributed by atoms with Crippen LogP contribution in [0.1, 0.15) is 58.9 Å². The molecule has 0 bridgehead atoms. The van der Waals surface area contributed by atoms with Crippen LogP contribution in [0.5, 0.6) is 5.75 Å². The van der Waals surface area contributed by atoms with E-state index in [9.17, 15) is 15.1 Å². The third-order valence-corrected chi connectivity index (χ3v) is 7.24. The quantitative estimate of drug-likeness (QED) is 0.122. The molecular formula is C36H33NO4. The number of benzene rings is 5. The summed E-state index contributed by atoms with van der Waals surface area (Å²) in [6.07, 6.45) is 0. The zero-order valence-corrected chi connectivity index (χ0v) is 23.7. The molecule has 0 fully saturated rings. The first-order chi connectivity index (χ1) is 19.7. The second-order valence-corrected chi connectivity index (χ2v) is 11.3. The van der Waals surface area contributed by atoms with E-state index in [0.717, 1.165) is 44.5 Å². The van der Waals surface area contributed by atoms with Crippen molar-refractivity contribution in [1.82, 2.24) is 0 Å². The van der Waals surface area contributed by atoms with Crippen LogP contribution in [0.2, 0.25) is 0 Å². The third kappa shape index (κ3) is 5.85. The average molecular weight is 544 g/mol. The van der Waals surface area contributed by atoms with E-state index < -0.39 is 5.97 Å². The van der Waals surface area contributed by atoms with Gasteiger partial charge >= 0.3 is 5.97 Å². The van der Waals surface area contributed by atoms with Crippen LogP contribution in [0.3, 0.4) is 0 Å². The van der Waals surface area contributed by atoms with Crippen LogP contribution in [-0.4, -0.2) is 22.0 Å². The number of fused-ring (bicyclic) bond motifs is 1. The number of rotatable bonds is 7. The van der Waals surface area contributed by atoms with Gasteiger partial charge in [0, 0.05) is 22.3 Å². The minimum atomic E-state index is -0.983.